The molecule has 0 radical (unpaired) electrons. The topological polar surface area (TPSA) is 111 Å². The van der Waals surface area contributed by atoms with Crippen LogP contribution in [-0.4, -0.2) is 36.0 Å². The van der Waals surface area contributed by atoms with E-state index in [1.165, 1.54) is 23.4 Å². The second-order valence-electron chi connectivity index (χ2n) is 6.99. The average Bonchev–Trinajstić information content (AvgIpc) is 3.21. The fourth-order valence-electron chi connectivity index (χ4n) is 3.12. The molecule has 0 aromatic carbocycles. The van der Waals surface area contributed by atoms with Crippen LogP contribution in [0.1, 0.15) is 31.0 Å². The SMILES string of the molecule is Cc1ccc2ncc(NC(=O)Nc3cnc(-n4nccn4)c(Cl)c3)c(C(C)C)c2n1. The summed E-state index contributed by atoms with van der Waals surface area (Å²) in [6.45, 7) is 6.02. The number of rotatable bonds is 4. The van der Waals surface area contributed by atoms with E-state index in [2.05, 4.69) is 35.8 Å². The molecule has 4 aromatic rings. The summed E-state index contributed by atoms with van der Waals surface area (Å²) >= 11 is 6.26. The van der Waals surface area contributed by atoms with Crippen LogP contribution in [0.3, 0.4) is 0 Å². The van der Waals surface area contributed by atoms with Crippen LogP contribution in [0.4, 0.5) is 16.2 Å². The first-order valence-electron chi connectivity index (χ1n) is 9.29. The number of nitrogens with zero attached hydrogens (tertiary/aromatic N) is 6. The van der Waals surface area contributed by atoms with E-state index in [0.717, 1.165) is 22.3 Å². The van der Waals surface area contributed by atoms with E-state index < -0.39 is 6.03 Å². The second-order valence-corrected chi connectivity index (χ2v) is 7.39. The summed E-state index contributed by atoms with van der Waals surface area (Å²) in [6, 6.07) is 4.99. The van der Waals surface area contributed by atoms with Crippen molar-refractivity contribution in [3.63, 3.8) is 0 Å². The number of carbonyl (C=O) groups is 1. The van der Waals surface area contributed by atoms with Gasteiger partial charge in [-0.15, -0.1) is 4.80 Å². The molecule has 4 heterocycles. The van der Waals surface area contributed by atoms with Crippen molar-refractivity contribution < 1.29 is 4.79 Å². The molecule has 0 unspecified atom stereocenters. The molecule has 0 aliphatic carbocycles. The highest BCUT2D eigenvalue weighted by Crippen LogP contribution is 2.30. The number of aromatic nitrogens is 6. The van der Waals surface area contributed by atoms with Crippen LogP contribution >= 0.6 is 11.6 Å². The van der Waals surface area contributed by atoms with E-state index in [-0.39, 0.29) is 5.92 Å². The Labute approximate surface area is 177 Å². The van der Waals surface area contributed by atoms with Gasteiger partial charge in [0.25, 0.3) is 0 Å². The number of hydrogen-bond donors (Lipinski definition) is 2. The van der Waals surface area contributed by atoms with Crippen molar-refractivity contribution in [2.24, 2.45) is 0 Å². The van der Waals surface area contributed by atoms with E-state index in [9.17, 15) is 4.79 Å². The summed E-state index contributed by atoms with van der Waals surface area (Å²) in [5.41, 5.74) is 4.42. The maximum Gasteiger partial charge on any atom is 0.323 e. The summed E-state index contributed by atoms with van der Waals surface area (Å²) in [5.74, 6) is 0.506. The number of pyridine rings is 3. The molecule has 2 amide bonds. The highest BCUT2D eigenvalue weighted by Gasteiger charge is 2.16. The molecule has 9 nitrogen and oxygen atoms in total. The molecule has 0 aliphatic rings. The van der Waals surface area contributed by atoms with E-state index in [1.807, 2.05) is 32.9 Å². The predicted molar refractivity (Wildman–Crippen MR) is 115 cm³/mol. The molecule has 10 heteroatoms. The van der Waals surface area contributed by atoms with Gasteiger partial charge >= 0.3 is 6.03 Å². The van der Waals surface area contributed by atoms with E-state index in [1.54, 1.807) is 12.3 Å². The molecule has 0 spiro atoms. The van der Waals surface area contributed by atoms with Gasteiger partial charge in [0.2, 0.25) is 0 Å². The largest absolute Gasteiger partial charge is 0.323 e. The zero-order chi connectivity index (χ0) is 21.3. The molecule has 0 saturated heterocycles. The van der Waals surface area contributed by atoms with Crippen molar-refractivity contribution in [1.29, 1.82) is 0 Å². The number of aryl methyl sites for hydroxylation is 1. The fraction of sp³-hybridized carbons (Fsp3) is 0.200. The zero-order valence-corrected chi connectivity index (χ0v) is 17.3. The van der Waals surface area contributed by atoms with Gasteiger partial charge in [-0.3, -0.25) is 9.97 Å². The Kier molecular flexibility index (Phi) is 5.28. The second kappa shape index (κ2) is 8.03. The monoisotopic (exact) mass is 422 g/mol. The normalized spacial score (nSPS) is 11.1. The molecule has 152 valence electrons. The number of hydrogen-bond acceptors (Lipinski definition) is 6. The van der Waals surface area contributed by atoms with Gasteiger partial charge in [-0.05, 0) is 31.0 Å². The highest BCUT2D eigenvalue weighted by atomic mass is 35.5. The number of halogens is 1. The highest BCUT2D eigenvalue weighted by molar-refractivity contribution is 6.32. The van der Waals surface area contributed by atoms with E-state index in [4.69, 9.17) is 11.6 Å². The van der Waals surface area contributed by atoms with E-state index in [0.29, 0.717) is 22.2 Å². The number of nitrogens with one attached hydrogen (secondary N) is 2. The molecule has 30 heavy (non-hydrogen) atoms. The lowest BCUT2D eigenvalue weighted by molar-refractivity contribution is 0.262. The van der Waals surface area contributed by atoms with Crippen LogP contribution in [0.5, 0.6) is 0 Å². The van der Waals surface area contributed by atoms with Gasteiger partial charge in [0.15, 0.2) is 5.82 Å². The lowest BCUT2D eigenvalue weighted by Crippen LogP contribution is -2.21. The van der Waals surface area contributed by atoms with Gasteiger partial charge in [0, 0.05) is 11.3 Å². The summed E-state index contributed by atoms with van der Waals surface area (Å²) in [7, 11) is 0. The summed E-state index contributed by atoms with van der Waals surface area (Å²) in [6.07, 6.45) is 6.18. The third kappa shape index (κ3) is 3.92. The first-order chi connectivity index (χ1) is 14.4. The Morgan fingerprint density at radius 3 is 2.57 bits per heavy atom. The number of amides is 2. The summed E-state index contributed by atoms with van der Waals surface area (Å²) < 4.78 is 0. The Morgan fingerprint density at radius 2 is 1.87 bits per heavy atom. The van der Waals surface area contributed by atoms with Crippen LogP contribution in [0.2, 0.25) is 5.02 Å². The molecule has 4 rings (SSSR count). The summed E-state index contributed by atoms with van der Waals surface area (Å²) in [4.78, 5) is 27.2. The quantitative estimate of drug-likeness (QED) is 0.506. The summed E-state index contributed by atoms with van der Waals surface area (Å²) in [5, 5.41) is 13.9. The number of anilines is 2. The first-order valence-corrected chi connectivity index (χ1v) is 9.66. The van der Waals surface area contributed by atoms with Crippen LogP contribution < -0.4 is 10.6 Å². The average molecular weight is 423 g/mol. The van der Waals surface area contributed by atoms with Gasteiger partial charge in [-0.2, -0.15) is 10.2 Å². The number of urea groups is 1. The third-order valence-corrected chi connectivity index (χ3v) is 4.68. The van der Waals surface area contributed by atoms with Crippen molar-refractivity contribution in [1.82, 2.24) is 29.9 Å². The Bertz CT molecular complexity index is 1220. The lowest BCUT2D eigenvalue weighted by Gasteiger charge is -2.16. The van der Waals surface area contributed by atoms with Crippen molar-refractivity contribution in [3.8, 4) is 5.82 Å². The Morgan fingerprint density at radius 1 is 1.10 bits per heavy atom. The van der Waals surface area contributed by atoms with Gasteiger partial charge in [-0.25, -0.2) is 9.78 Å². The minimum Gasteiger partial charge on any atom is -0.306 e. The van der Waals surface area contributed by atoms with Crippen molar-refractivity contribution in [2.45, 2.75) is 26.7 Å². The van der Waals surface area contributed by atoms with Crippen LogP contribution in [0, 0.1) is 6.92 Å². The Balaban J connectivity index is 1.58. The van der Waals surface area contributed by atoms with Crippen molar-refractivity contribution >= 4 is 40.0 Å². The molecule has 2 N–H and O–H groups in total. The molecule has 0 aliphatic heterocycles. The maximum atomic E-state index is 12.6. The van der Waals surface area contributed by atoms with Gasteiger partial charge in [0.1, 0.15) is 0 Å². The fourth-order valence-corrected chi connectivity index (χ4v) is 3.36. The maximum absolute atomic E-state index is 12.6. The molecular weight excluding hydrogens is 404 g/mol. The predicted octanol–water partition coefficient (Wildman–Crippen LogP) is 4.33. The smallest absolute Gasteiger partial charge is 0.306 e. The van der Waals surface area contributed by atoms with Gasteiger partial charge in [-0.1, -0.05) is 25.4 Å². The molecule has 0 saturated carbocycles. The minimum absolute atomic E-state index is 0.136. The van der Waals surface area contributed by atoms with Crippen molar-refractivity contribution in [2.75, 3.05) is 10.6 Å². The number of carbonyl (C=O) groups excluding carboxylic acids is 1. The zero-order valence-electron chi connectivity index (χ0n) is 16.6. The number of fused-ring (bicyclic) bond motifs is 1. The first kappa shape index (κ1) is 19.7. The Hall–Kier alpha value is -3.59. The molecule has 0 bridgehead atoms. The molecule has 0 fully saturated rings. The van der Waals surface area contributed by atoms with Crippen LogP contribution in [-0.2, 0) is 0 Å². The van der Waals surface area contributed by atoms with Crippen LogP contribution in [0.25, 0.3) is 16.9 Å². The van der Waals surface area contributed by atoms with E-state index >= 15 is 0 Å². The van der Waals surface area contributed by atoms with Crippen molar-refractivity contribution in [3.05, 3.63) is 59.3 Å². The van der Waals surface area contributed by atoms with Crippen LogP contribution in [0.15, 0.2) is 43.0 Å². The standard InChI is InChI=1S/C20H19ClN8O/c1-11(2)17-16(10-22-15-5-4-12(3)26-18(15)17)28-20(30)27-13-8-14(21)19(23-9-13)29-24-6-7-25-29/h4-11H,1-3H3,(H2,27,28,30). The lowest BCUT2D eigenvalue weighted by atomic mass is 10.00. The molecule has 0 atom stereocenters. The van der Waals surface area contributed by atoms with Gasteiger partial charge in [0.05, 0.1) is 52.2 Å². The molecule has 4 aromatic heterocycles. The molecular formula is C20H19ClN8O. The van der Waals surface area contributed by atoms with Gasteiger partial charge < -0.3 is 10.6 Å². The third-order valence-electron chi connectivity index (χ3n) is 4.40. The minimum atomic E-state index is -0.437.